The number of hydrogen-bond acceptors (Lipinski definition) is 2. The molecule has 6 rings (SSSR count). The van der Waals surface area contributed by atoms with Gasteiger partial charge in [0.25, 0.3) is 0 Å². The average Bonchev–Trinajstić information content (AvgIpc) is 2.98. The molecule has 2 heterocycles. The highest BCUT2D eigenvalue weighted by atomic mass is 14.7. The fraction of sp³-hybridized carbons (Fsp3) is 0. The van der Waals surface area contributed by atoms with Crippen LogP contribution < -0.4 is 0 Å². The number of hydrogen-bond donors (Lipinski definition) is 0. The van der Waals surface area contributed by atoms with E-state index in [1.807, 2.05) is 24.5 Å². The van der Waals surface area contributed by atoms with Gasteiger partial charge in [-0.2, -0.15) is 0 Å². The summed E-state index contributed by atoms with van der Waals surface area (Å²) in [5.41, 5.74) is 11.1. The summed E-state index contributed by atoms with van der Waals surface area (Å²) in [5.74, 6) is 0. The Hall–Kier alpha value is -4.82. The first kappa shape index (κ1) is 21.7. The zero-order valence-electron chi connectivity index (χ0n) is 19.8. The van der Waals surface area contributed by atoms with E-state index in [1.54, 1.807) is 0 Å². The third-order valence-electron chi connectivity index (χ3n) is 6.35. The predicted octanol–water partition coefficient (Wildman–Crippen LogP) is 8.81. The van der Waals surface area contributed by atoms with Crippen molar-refractivity contribution in [3.63, 3.8) is 0 Å². The predicted molar refractivity (Wildman–Crippen MR) is 149 cm³/mol. The summed E-state index contributed by atoms with van der Waals surface area (Å²) in [6, 6.07) is 46.6. The largest absolute Gasteiger partial charge is 0.265 e. The first-order valence-corrected chi connectivity index (χ1v) is 12.1. The van der Waals surface area contributed by atoms with Crippen molar-refractivity contribution in [1.82, 2.24) is 9.97 Å². The summed E-state index contributed by atoms with van der Waals surface area (Å²) in [7, 11) is 0. The highest BCUT2D eigenvalue weighted by Crippen LogP contribution is 2.35. The molecular formula is C34H24N2. The Balaban J connectivity index is 1.58. The van der Waals surface area contributed by atoms with Gasteiger partial charge in [0.15, 0.2) is 0 Å². The average molecular weight is 461 g/mol. The lowest BCUT2D eigenvalue weighted by Crippen LogP contribution is -1.92. The Bertz CT molecular complexity index is 1350. The molecule has 2 nitrogen and oxygen atoms in total. The van der Waals surface area contributed by atoms with Crippen molar-refractivity contribution < 1.29 is 0 Å². The van der Waals surface area contributed by atoms with Crippen molar-refractivity contribution >= 4 is 0 Å². The van der Waals surface area contributed by atoms with E-state index in [0.717, 1.165) is 44.8 Å². The molecule has 170 valence electrons. The topological polar surface area (TPSA) is 25.8 Å². The van der Waals surface area contributed by atoms with E-state index in [1.165, 1.54) is 11.1 Å². The van der Waals surface area contributed by atoms with Crippen LogP contribution in [0.15, 0.2) is 146 Å². The van der Waals surface area contributed by atoms with E-state index in [4.69, 9.17) is 4.98 Å². The van der Waals surface area contributed by atoms with Gasteiger partial charge in [-0.25, -0.2) is 4.98 Å². The highest BCUT2D eigenvalue weighted by molar-refractivity contribution is 5.84. The van der Waals surface area contributed by atoms with Crippen LogP contribution in [0, 0.1) is 0 Å². The molecule has 2 aromatic heterocycles. The second-order valence-corrected chi connectivity index (χ2v) is 8.76. The van der Waals surface area contributed by atoms with E-state index < -0.39 is 0 Å². The second-order valence-electron chi connectivity index (χ2n) is 8.76. The summed E-state index contributed by atoms with van der Waals surface area (Å²) in [5, 5.41) is 0. The van der Waals surface area contributed by atoms with Crippen LogP contribution in [0.25, 0.3) is 55.9 Å². The smallest absolute Gasteiger partial charge is 0.0715 e. The molecule has 0 aliphatic carbocycles. The normalized spacial score (nSPS) is 10.8. The molecule has 0 atom stereocenters. The monoisotopic (exact) mass is 460 g/mol. The van der Waals surface area contributed by atoms with Gasteiger partial charge < -0.3 is 0 Å². The maximum Gasteiger partial charge on any atom is 0.0715 e. The molecule has 0 spiro atoms. The molecule has 2 heteroatoms. The maximum absolute atomic E-state index is 5.05. The van der Waals surface area contributed by atoms with E-state index >= 15 is 0 Å². The first-order chi connectivity index (χ1) is 17.8. The van der Waals surface area contributed by atoms with Crippen LogP contribution in [-0.2, 0) is 0 Å². The van der Waals surface area contributed by atoms with Gasteiger partial charge in [0.05, 0.1) is 11.4 Å². The van der Waals surface area contributed by atoms with Crippen LogP contribution in [-0.4, -0.2) is 9.97 Å². The van der Waals surface area contributed by atoms with Crippen molar-refractivity contribution in [3.05, 3.63) is 146 Å². The molecular weight excluding hydrogens is 436 g/mol. The number of pyridine rings is 2. The third kappa shape index (κ3) is 4.57. The molecule has 0 aliphatic heterocycles. The van der Waals surface area contributed by atoms with Crippen LogP contribution >= 0.6 is 0 Å². The molecule has 0 fully saturated rings. The Morgan fingerprint density at radius 1 is 0.306 bits per heavy atom. The summed E-state index contributed by atoms with van der Waals surface area (Å²) >= 11 is 0. The molecule has 0 radical (unpaired) electrons. The second kappa shape index (κ2) is 9.81. The molecule has 0 bridgehead atoms. The van der Waals surface area contributed by atoms with E-state index in [9.17, 15) is 0 Å². The number of nitrogens with zero attached hydrogens (tertiary/aromatic N) is 2. The lowest BCUT2D eigenvalue weighted by Gasteiger charge is -2.14. The van der Waals surface area contributed by atoms with Gasteiger partial charge in [-0.1, -0.05) is 91.0 Å². The van der Waals surface area contributed by atoms with Crippen LogP contribution in [0.5, 0.6) is 0 Å². The van der Waals surface area contributed by atoms with Gasteiger partial charge in [-0.05, 0) is 75.8 Å². The molecule has 0 aliphatic rings. The van der Waals surface area contributed by atoms with E-state index in [-0.39, 0.29) is 0 Å². The van der Waals surface area contributed by atoms with Gasteiger partial charge in [0.2, 0.25) is 0 Å². The zero-order valence-corrected chi connectivity index (χ0v) is 19.8. The maximum atomic E-state index is 5.05. The lowest BCUT2D eigenvalue weighted by atomic mass is 9.92. The van der Waals surface area contributed by atoms with Crippen LogP contribution in [0.2, 0.25) is 0 Å². The van der Waals surface area contributed by atoms with Crippen molar-refractivity contribution in [2.45, 2.75) is 0 Å². The van der Waals surface area contributed by atoms with Gasteiger partial charge in [0, 0.05) is 23.5 Å². The van der Waals surface area contributed by atoms with Crippen LogP contribution in [0.4, 0.5) is 0 Å². The minimum Gasteiger partial charge on any atom is -0.265 e. The molecule has 4 aromatic carbocycles. The minimum absolute atomic E-state index is 0.961. The molecule has 0 unspecified atom stereocenters. The van der Waals surface area contributed by atoms with Gasteiger partial charge in [-0.15, -0.1) is 0 Å². The summed E-state index contributed by atoms with van der Waals surface area (Å²) < 4.78 is 0. The number of aromatic nitrogens is 2. The van der Waals surface area contributed by atoms with Gasteiger partial charge in [-0.3, -0.25) is 4.98 Å². The zero-order chi connectivity index (χ0) is 24.2. The summed E-state index contributed by atoms with van der Waals surface area (Å²) in [6.45, 7) is 0. The molecule has 0 N–H and O–H groups in total. The van der Waals surface area contributed by atoms with Crippen LogP contribution in [0.3, 0.4) is 0 Å². The SMILES string of the molecule is c1ccc(-c2cc(-c3ccncc3)cc(-c3cc(-c4ccccc4)nc(-c4ccccc4)c3)c2)cc1. The standard InChI is InChI=1S/C34H24N2/c1-4-10-25(11-5-1)29-20-30(26-16-18-35-19-17-26)22-31(21-29)32-23-33(27-12-6-2-7-13-27)36-34(24-32)28-14-8-3-9-15-28/h1-24H. The van der Waals surface area contributed by atoms with Gasteiger partial charge >= 0.3 is 0 Å². The lowest BCUT2D eigenvalue weighted by molar-refractivity contribution is 1.32. The van der Waals surface area contributed by atoms with E-state index in [0.29, 0.717) is 0 Å². The molecule has 0 amide bonds. The Labute approximate surface area is 211 Å². The van der Waals surface area contributed by atoms with Crippen molar-refractivity contribution in [2.75, 3.05) is 0 Å². The molecule has 0 saturated heterocycles. The minimum atomic E-state index is 0.961. The molecule has 36 heavy (non-hydrogen) atoms. The Morgan fingerprint density at radius 3 is 1.14 bits per heavy atom. The van der Waals surface area contributed by atoms with Crippen LogP contribution in [0.1, 0.15) is 0 Å². The Kier molecular flexibility index (Phi) is 5.91. The fourth-order valence-electron chi connectivity index (χ4n) is 4.51. The van der Waals surface area contributed by atoms with Gasteiger partial charge in [0.1, 0.15) is 0 Å². The fourth-order valence-corrected chi connectivity index (χ4v) is 4.51. The molecule has 0 saturated carbocycles. The van der Waals surface area contributed by atoms with Crippen molar-refractivity contribution in [2.24, 2.45) is 0 Å². The van der Waals surface area contributed by atoms with Crippen molar-refractivity contribution in [3.8, 4) is 55.9 Å². The first-order valence-electron chi connectivity index (χ1n) is 12.1. The third-order valence-corrected chi connectivity index (χ3v) is 6.35. The van der Waals surface area contributed by atoms with E-state index in [2.05, 4.69) is 126 Å². The number of rotatable bonds is 5. The summed E-state index contributed by atoms with van der Waals surface area (Å²) in [4.78, 5) is 9.27. The van der Waals surface area contributed by atoms with Crippen molar-refractivity contribution in [1.29, 1.82) is 0 Å². The quantitative estimate of drug-likeness (QED) is 0.257. The summed E-state index contributed by atoms with van der Waals surface area (Å²) in [6.07, 6.45) is 3.69. The number of benzene rings is 4. The highest BCUT2D eigenvalue weighted by Gasteiger charge is 2.12. The molecule has 6 aromatic rings. The Morgan fingerprint density at radius 2 is 0.667 bits per heavy atom.